The lowest BCUT2D eigenvalue weighted by Gasteiger charge is -2.55. The van der Waals surface area contributed by atoms with E-state index in [1.165, 1.54) is 38.5 Å². The highest BCUT2D eigenvalue weighted by atomic mass is 16.5. The van der Waals surface area contributed by atoms with Crippen molar-refractivity contribution in [2.75, 3.05) is 24.7 Å². The second kappa shape index (κ2) is 9.63. The van der Waals surface area contributed by atoms with Crippen LogP contribution in [0, 0.1) is 17.8 Å². The maximum Gasteiger partial charge on any atom is 0.326 e. The molecule has 4 heterocycles. The van der Waals surface area contributed by atoms with Crippen LogP contribution in [0.25, 0.3) is 11.0 Å². The van der Waals surface area contributed by atoms with Gasteiger partial charge in [-0.1, -0.05) is 25.5 Å². The second-order valence-electron chi connectivity index (χ2n) is 12.7. The molecule has 2 saturated carbocycles. The van der Waals surface area contributed by atoms with Crippen molar-refractivity contribution in [3.05, 3.63) is 34.6 Å². The number of benzene rings is 1. The molecule has 8 heteroatoms. The molecule has 3 unspecified atom stereocenters. The Hall–Kier alpha value is -2.45. The zero-order valence-corrected chi connectivity index (χ0v) is 22.4. The minimum atomic E-state index is -0.889. The van der Waals surface area contributed by atoms with Gasteiger partial charge in [-0.15, -0.1) is 0 Å². The number of fused-ring (bicyclic) bond motifs is 5. The largest absolute Gasteiger partial charge is 0.480 e. The van der Waals surface area contributed by atoms with Gasteiger partial charge in [0.15, 0.2) is 5.82 Å². The quantitative estimate of drug-likeness (QED) is 0.636. The maximum atomic E-state index is 14.0. The summed E-state index contributed by atoms with van der Waals surface area (Å²) in [4.78, 5) is 34.9. The number of para-hydroxylation sites is 2. The Balaban J connectivity index is 1.20. The topological polar surface area (TPSA) is 87.9 Å². The first-order valence-electron chi connectivity index (χ1n) is 14.9. The van der Waals surface area contributed by atoms with Gasteiger partial charge in [-0.2, -0.15) is 0 Å². The number of carboxylic acid groups (broad SMARTS) is 1. The molecule has 2 aromatic rings. The first-order valence-corrected chi connectivity index (χ1v) is 14.9. The summed E-state index contributed by atoms with van der Waals surface area (Å²) in [6.45, 7) is 4.37. The lowest BCUT2D eigenvalue weighted by Crippen LogP contribution is -2.62. The van der Waals surface area contributed by atoms with Gasteiger partial charge >= 0.3 is 5.97 Å². The minimum Gasteiger partial charge on any atom is -0.480 e. The van der Waals surface area contributed by atoms with Crippen molar-refractivity contribution in [3.63, 3.8) is 0 Å². The maximum absolute atomic E-state index is 14.0. The number of morpholine rings is 1. The molecule has 1 aromatic heterocycles. The summed E-state index contributed by atoms with van der Waals surface area (Å²) in [7, 11) is 0. The summed E-state index contributed by atoms with van der Waals surface area (Å²) in [5.74, 6) is 2.05. The number of carbonyl (C=O) groups is 1. The fraction of sp³-hybridized carbons (Fsp3) is 0.700. The summed E-state index contributed by atoms with van der Waals surface area (Å²) in [6, 6.07) is 8.48. The number of ether oxygens (including phenoxy) is 1. The Morgan fingerprint density at radius 1 is 0.974 bits per heavy atom. The number of hydrogen-bond donors (Lipinski definition) is 1. The molecule has 2 aliphatic carbocycles. The molecule has 3 saturated heterocycles. The Labute approximate surface area is 224 Å². The molecule has 8 nitrogen and oxygen atoms in total. The smallest absolute Gasteiger partial charge is 0.326 e. The molecule has 7 rings (SSSR count). The van der Waals surface area contributed by atoms with Crippen LogP contribution in [-0.4, -0.2) is 69.5 Å². The predicted molar refractivity (Wildman–Crippen MR) is 146 cm³/mol. The Morgan fingerprint density at radius 2 is 1.68 bits per heavy atom. The van der Waals surface area contributed by atoms with Crippen molar-refractivity contribution in [2.24, 2.45) is 17.8 Å². The average molecular weight is 521 g/mol. The highest BCUT2D eigenvalue weighted by Crippen LogP contribution is 2.47. The van der Waals surface area contributed by atoms with Crippen molar-refractivity contribution in [2.45, 2.75) is 94.9 Å². The van der Waals surface area contributed by atoms with Crippen LogP contribution in [0.5, 0.6) is 0 Å². The number of piperidine rings is 1. The minimum absolute atomic E-state index is 0.0569. The van der Waals surface area contributed by atoms with Gasteiger partial charge in [0.2, 0.25) is 0 Å². The molecule has 1 N–H and O–H groups in total. The third kappa shape index (κ3) is 4.06. The van der Waals surface area contributed by atoms with E-state index in [0.29, 0.717) is 31.1 Å². The SMILES string of the molecule is CCC1C[C@@H]2CC(N3[C@@H]4COC[C@H]3CC(n3c(=O)c(N5CC[C@H]5C(=O)O)nc5ccccc53)C4)C[C@H](C1)C2. The fourth-order valence-electron chi connectivity index (χ4n) is 8.84. The highest BCUT2D eigenvalue weighted by Gasteiger charge is 2.47. The molecule has 38 heavy (non-hydrogen) atoms. The van der Waals surface area contributed by atoms with E-state index < -0.39 is 12.0 Å². The van der Waals surface area contributed by atoms with Crippen LogP contribution in [0.15, 0.2) is 29.1 Å². The zero-order chi connectivity index (χ0) is 26.0. The predicted octanol–water partition coefficient (Wildman–Crippen LogP) is 4.07. The van der Waals surface area contributed by atoms with Gasteiger partial charge in [0, 0.05) is 30.7 Å². The molecule has 0 radical (unpaired) electrons. The van der Waals surface area contributed by atoms with E-state index in [4.69, 9.17) is 4.74 Å². The molecule has 204 valence electrons. The van der Waals surface area contributed by atoms with Crippen LogP contribution in [-0.2, 0) is 9.53 Å². The summed E-state index contributed by atoms with van der Waals surface area (Å²) < 4.78 is 8.06. The standard InChI is InChI=1S/C30H40N4O4/c1-2-18-9-19-11-20(10-18)13-21(12-19)33-23-14-22(15-24(33)17-38-16-23)34-26-6-4-3-5-25(26)31-28(29(34)35)32-8-7-27(32)30(36)37/h3-6,18-24,27H,2,7-17H2,1H3,(H,36,37)/t18?,19-,20+,21?,22?,23-,24+,27-/m0/s1. The molecular weight excluding hydrogens is 480 g/mol. The molecule has 3 aliphatic heterocycles. The van der Waals surface area contributed by atoms with Crippen LogP contribution < -0.4 is 10.5 Å². The first kappa shape index (κ1) is 24.6. The van der Waals surface area contributed by atoms with E-state index in [-0.39, 0.29) is 17.4 Å². The van der Waals surface area contributed by atoms with E-state index in [2.05, 4.69) is 16.8 Å². The third-order valence-corrected chi connectivity index (χ3v) is 10.5. The van der Waals surface area contributed by atoms with Gasteiger partial charge in [0.25, 0.3) is 5.56 Å². The van der Waals surface area contributed by atoms with Crippen molar-refractivity contribution in [1.82, 2.24) is 14.5 Å². The van der Waals surface area contributed by atoms with Crippen molar-refractivity contribution in [1.29, 1.82) is 0 Å². The fourth-order valence-corrected chi connectivity index (χ4v) is 8.84. The molecule has 0 spiro atoms. The van der Waals surface area contributed by atoms with E-state index in [1.54, 1.807) is 4.90 Å². The van der Waals surface area contributed by atoms with Gasteiger partial charge in [-0.3, -0.25) is 9.69 Å². The van der Waals surface area contributed by atoms with E-state index >= 15 is 0 Å². The molecular formula is C30H40N4O4. The lowest BCUT2D eigenvalue weighted by molar-refractivity contribution is -0.140. The van der Waals surface area contributed by atoms with E-state index in [9.17, 15) is 14.7 Å². The normalized spacial score (nSPS) is 37.1. The molecule has 1 aromatic carbocycles. The highest BCUT2D eigenvalue weighted by molar-refractivity contribution is 5.81. The number of aliphatic carboxylic acids is 1. The van der Waals surface area contributed by atoms with Gasteiger partial charge in [0.05, 0.1) is 24.2 Å². The average Bonchev–Trinajstić information content (AvgIpc) is 2.87. The third-order valence-electron chi connectivity index (χ3n) is 10.5. The van der Waals surface area contributed by atoms with Crippen LogP contribution in [0.4, 0.5) is 5.82 Å². The van der Waals surface area contributed by atoms with Gasteiger partial charge in [-0.05, 0) is 81.3 Å². The van der Waals surface area contributed by atoms with Gasteiger partial charge in [0.1, 0.15) is 6.04 Å². The number of rotatable bonds is 5. The number of carboxylic acids is 1. The Morgan fingerprint density at radius 3 is 2.32 bits per heavy atom. The zero-order valence-electron chi connectivity index (χ0n) is 22.4. The van der Waals surface area contributed by atoms with Crippen molar-refractivity contribution in [3.8, 4) is 0 Å². The number of aromatic nitrogens is 2. The monoisotopic (exact) mass is 520 g/mol. The van der Waals surface area contributed by atoms with E-state index in [1.807, 2.05) is 28.8 Å². The van der Waals surface area contributed by atoms with Gasteiger partial charge < -0.3 is 19.3 Å². The summed E-state index contributed by atoms with van der Waals surface area (Å²) in [5.41, 5.74) is 1.46. The number of anilines is 1. The summed E-state index contributed by atoms with van der Waals surface area (Å²) in [5, 5.41) is 9.64. The van der Waals surface area contributed by atoms with E-state index in [0.717, 1.165) is 54.8 Å². The second-order valence-corrected chi connectivity index (χ2v) is 12.7. The lowest BCUT2D eigenvalue weighted by atomic mass is 9.65. The van der Waals surface area contributed by atoms with Crippen LogP contribution in [0.1, 0.15) is 70.8 Å². The Kier molecular flexibility index (Phi) is 6.23. The van der Waals surface area contributed by atoms with Crippen LogP contribution >= 0.6 is 0 Å². The van der Waals surface area contributed by atoms with Crippen LogP contribution in [0.2, 0.25) is 0 Å². The molecule has 5 fully saturated rings. The number of hydrogen-bond acceptors (Lipinski definition) is 6. The molecule has 5 aliphatic rings. The first-order chi connectivity index (χ1) is 18.5. The van der Waals surface area contributed by atoms with Gasteiger partial charge in [-0.25, -0.2) is 9.78 Å². The molecule has 0 amide bonds. The number of nitrogens with zero attached hydrogens (tertiary/aromatic N) is 4. The van der Waals surface area contributed by atoms with Crippen molar-refractivity contribution < 1.29 is 14.6 Å². The molecule has 4 bridgehead atoms. The van der Waals surface area contributed by atoms with Crippen molar-refractivity contribution >= 4 is 22.8 Å². The molecule has 8 atom stereocenters. The van der Waals surface area contributed by atoms with Crippen LogP contribution in [0.3, 0.4) is 0 Å². The summed E-state index contributed by atoms with van der Waals surface area (Å²) in [6.07, 6.45) is 10.5. The Bertz CT molecular complexity index is 1250. The summed E-state index contributed by atoms with van der Waals surface area (Å²) >= 11 is 0.